The molecule has 0 N–H and O–H groups in total. The number of rotatable bonds is 6. The van der Waals surface area contributed by atoms with Crippen molar-refractivity contribution in [1.82, 2.24) is 4.31 Å². The maximum absolute atomic E-state index is 13.8. The molecular formula is C15H23ClFNO2S. The predicted molar refractivity (Wildman–Crippen MR) is 84.6 cm³/mol. The molecule has 21 heavy (non-hydrogen) atoms. The third kappa shape index (κ3) is 4.18. The molecule has 0 saturated carbocycles. The van der Waals surface area contributed by atoms with Gasteiger partial charge in [-0.3, -0.25) is 0 Å². The van der Waals surface area contributed by atoms with E-state index >= 15 is 0 Å². The van der Waals surface area contributed by atoms with Gasteiger partial charge >= 0.3 is 0 Å². The summed E-state index contributed by atoms with van der Waals surface area (Å²) in [7, 11) is -3.66. The van der Waals surface area contributed by atoms with Crippen LogP contribution in [0.25, 0.3) is 0 Å². The van der Waals surface area contributed by atoms with Crippen LogP contribution in [0.15, 0.2) is 17.0 Å². The van der Waals surface area contributed by atoms with Crippen LogP contribution in [-0.4, -0.2) is 25.3 Å². The first-order valence-electron chi connectivity index (χ1n) is 6.98. The number of halogens is 2. The summed E-state index contributed by atoms with van der Waals surface area (Å²) in [6.45, 7) is 9.56. The van der Waals surface area contributed by atoms with Crippen LogP contribution in [-0.2, 0) is 15.9 Å². The van der Waals surface area contributed by atoms with Gasteiger partial charge in [0.2, 0.25) is 10.0 Å². The van der Waals surface area contributed by atoms with E-state index in [1.165, 1.54) is 16.4 Å². The molecule has 0 amide bonds. The summed E-state index contributed by atoms with van der Waals surface area (Å²) >= 11 is 5.70. The van der Waals surface area contributed by atoms with E-state index in [-0.39, 0.29) is 28.3 Å². The summed E-state index contributed by atoms with van der Waals surface area (Å²) in [5.41, 5.74) is 0.503. The van der Waals surface area contributed by atoms with E-state index in [1.807, 2.05) is 27.7 Å². The molecule has 120 valence electrons. The normalized spacial score (nSPS) is 12.7. The summed E-state index contributed by atoms with van der Waals surface area (Å²) in [5.74, 6) is -0.290. The number of hydrogen-bond acceptors (Lipinski definition) is 2. The van der Waals surface area contributed by atoms with E-state index in [2.05, 4.69) is 0 Å². The molecule has 1 rings (SSSR count). The molecule has 1 aromatic carbocycles. The molecule has 3 nitrogen and oxygen atoms in total. The van der Waals surface area contributed by atoms with Gasteiger partial charge in [-0.25, -0.2) is 12.8 Å². The Bertz CT molecular complexity index is 600. The van der Waals surface area contributed by atoms with Crippen LogP contribution < -0.4 is 0 Å². The minimum Gasteiger partial charge on any atom is -0.207 e. The summed E-state index contributed by atoms with van der Waals surface area (Å²) in [5, 5.41) is 0. The lowest BCUT2D eigenvalue weighted by atomic mass is 10.1. The molecule has 0 saturated heterocycles. The van der Waals surface area contributed by atoms with Crippen LogP contribution in [0.4, 0.5) is 4.39 Å². The Morgan fingerprint density at radius 3 is 2.24 bits per heavy atom. The Hall–Kier alpha value is -0.650. The van der Waals surface area contributed by atoms with E-state index < -0.39 is 15.8 Å². The van der Waals surface area contributed by atoms with Gasteiger partial charge in [0.25, 0.3) is 0 Å². The van der Waals surface area contributed by atoms with E-state index in [0.717, 1.165) is 0 Å². The largest absolute Gasteiger partial charge is 0.243 e. The quantitative estimate of drug-likeness (QED) is 0.739. The second-order valence-electron chi connectivity index (χ2n) is 5.91. The predicted octanol–water partition coefficient (Wildman–Crippen LogP) is 3.93. The fourth-order valence-corrected chi connectivity index (χ4v) is 4.27. The zero-order valence-electron chi connectivity index (χ0n) is 13.2. The second kappa shape index (κ2) is 7.07. The number of nitrogens with zero attached hydrogens (tertiary/aromatic N) is 1. The van der Waals surface area contributed by atoms with Crippen molar-refractivity contribution < 1.29 is 12.8 Å². The van der Waals surface area contributed by atoms with Crippen molar-refractivity contribution in [2.45, 2.75) is 51.4 Å². The third-order valence-corrected chi connectivity index (χ3v) is 5.48. The van der Waals surface area contributed by atoms with Gasteiger partial charge in [0.05, 0.1) is 10.8 Å². The number of alkyl halides is 1. The molecule has 6 heteroatoms. The summed E-state index contributed by atoms with van der Waals surface area (Å²) in [4.78, 5) is 0.103. The average Bonchev–Trinajstić information content (AvgIpc) is 2.38. The molecule has 0 aromatic heterocycles. The topological polar surface area (TPSA) is 37.4 Å². The van der Waals surface area contributed by atoms with E-state index in [4.69, 9.17) is 11.6 Å². The lowest BCUT2D eigenvalue weighted by Crippen LogP contribution is -2.39. The fourth-order valence-electron chi connectivity index (χ4n) is 2.13. The third-order valence-electron chi connectivity index (χ3n) is 3.18. The molecule has 0 radical (unpaired) electrons. The van der Waals surface area contributed by atoms with Crippen molar-refractivity contribution in [3.05, 3.63) is 29.1 Å². The Morgan fingerprint density at radius 2 is 1.81 bits per heavy atom. The van der Waals surface area contributed by atoms with Gasteiger partial charge in [-0.15, -0.1) is 11.6 Å². The monoisotopic (exact) mass is 335 g/mol. The minimum absolute atomic E-state index is 0.0537. The highest BCUT2D eigenvalue weighted by molar-refractivity contribution is 7.89. The van der Waals surface area contributed by atoms with Crippen molar-refractivity contribution in [3.63, 3.8) is 0 Å². The first-order chi connectivity index (χ1) is 9.61. The first-order valence-corrected chi connectivity index (χ1v) is 8.95. The summed E-state index contributed by atoms with van der Waals surface area (Å²) < 4.78 is 40.9. The van der Waals surface area contributed by atoms with Crippen LogP contribution >= 0.6 is 11.6 Å². The van der Waals surface area contributed by atoms with E-state index in [9.17, 15) is 12.8 Å². The zero-order chi connectivity index (χ0) is 16.4. The maximum Gasteiger partial charge on any atom is 0.243 e. The fraction of sp³-hybridized carbons (Fsp3) is 0.600. The van der Waals surface area contributed by atoms with E-state index in [0.29, 0.717) is 12.1 Å². The van der Waals surface area contributed by atoms with Gasteiger partial charge in [0, 0.05) is 18.2 Å². The standard InChI is InChI=1S/C15H23ClFNO2S/c1-10(2)9-18(11(3)4)21(19,20)14-6-12(5)15(17)13(7-14)8-16/h6-7,10-11H,8-9H2,1-5H3. The Labute approximate surface area is 132 Å². The molecule has 0 atom stereocenters. The molecule has 0 heterocycles. The van der Waals surface area contributed by atoms with Crippen LogP contribution in [0.2, 0.25) is 0 Å². The molecule has 0 fully saturated rings. The van der Waals surface area contributed by atoms with Crippen molar-refractivity contribution >= 4 is 21.6 Å². The van der Waals surface area contributed by atoms with Crippen LogP contribution in [0.3, 0.4) is 0 Å². The van der Waals surface area contributed by atoms with Gasteiger partial charge in [0.15, 0.2) is 0 Å². The zero-order valence-corrected chi connectivity index (χ0v) is 14.7. The molecule has 1 aromatic rings. The SMILES string of the molecule is Cc1cc(S(=O)(=O)N(CC(C)C)C(C)C)cc(CCl)c1F. The van der Waals surface area contributed by atoms with Crippen molar-refractivity contribution in [1.29, 1.82) is 0 Å². The van der Waals surface area contributed by atoms with Crippen LogP contribution in [0, 0.1) is 18.7 Å². The molecule has 0 aliphatic carbocycles. The summed E-state index contributed by atoms with van der Waals surface area (Å²) in [6, 6.07) is 2.54. The smallest absolute Gasteiger partial charge is 0.207 e. The molecule has 0 aliphatic heterocycles. The Morgan fingerprint density at radius 1 is 1.24 bits per heavy atom. The van der Waals surface area contributed by atoms with Crippen LogP contribution in [0.5, 0.6) is 0 Å². The van der Waals surface area contributed by atoms with Crippen molar-refractivity contribution in [2.24, 2.45) is 5.92 Å². The van der Waals surface area contributed by atoms with Crippen molar-refractivity contribution in [2.75, 3.05) is 6.54 Å². The van der Waals surface area contributed by atoms with Crippen LogP contribution in [0.1, 0.15) is 38.8 Å². The lowest BCUT2D eigenvalue weighted by molar-refractivity contribution is 0.319. The van der Waals surface area contributed by atoms with E-state index in [1.54, 1.807) is 6.92 Å². The van der Waals surface area contributed by atoms with Gasteiger partial charge < -0.3 is 0 Å². The lowest BCUT2D eigenvalue weighted by Gasteiger charge is -2.28. The molecule has 0 bridgehead atoms. The number of hydrogen-bond donors (Lipinski definition) is 0. The molecule has 0 spiro atoms. The van der Waals surface area contributed by atoms with Gasteiger partial charge in [-0.1, -0.05) is 13.8 Å². The highest BCUT2D eigenvalue weighted by Crippen LogP contribution is 2.25. The van der Waals surface area contributed by atoms with Crippen molar-refractivity contribution in [3.8, 4) is 0 Å². The van der Waals surface area contributed by atoms with Gasteiger partial charge in [-0.05, 0) is 44.4 Å². The number of aryl methyl sites for hydroxylation is 1. The first kappa shape index (κ1) is 18.4. The van der Waals surface area contributed by atoms with Gasteiger partial charge in [-0.2, -0.15) is 4.31 Å². The Kier molecular flexibility index (Phi) is 6.20. The Balaban J connectivity index is 3.38. The average molecular weight is 336 g/mol. The number of benzene rings is 1. The molecule has 0 aliphatic rings. The summed E-state index contributed by atoms with van der Waals surface area (Å²) in [6.07, 6.45) is 0. The highest BCUT2D eigenvalue weighted by Gasteiger charge is 2.28. The molecular weight excluding hydrogens is 313 g/mol. The number of sulfonamides is 1. The van der Waals surface area contributed by atoms with Gasteiger partial charge in [0.1, 0.15) is 5.82 Å². The second-order valence-corrected chi connectivity index (χ2v) is 8.07. The minimum atomic E-state index is -3.66. The highest BCUT2D eigenvalue weighted by atomic mass is 35.5. The molecule has 0 unspecified atom stereocenters. The maximum atomic E-state index is 13.8.